The van der Waals surface area contributed by atoms with Gasteiger partial charge in [-0.05, 0) is 68.3 Å². The monoisotopic (exact) mass is 590 g/mol. The van der Waals surface area contributed by atoms with Crippen molar-refractivity contribution in [2.75, 3.05) is 6.61 Å². The highest BCUT2D eigenvalue weighted by molar-refractivity contribution is 5.94. The van der Waals surface area contributed by atoms with Crippen LogP contribution < -0.4 is 0 Å². The second-order valence-corrected chi connectivity index (χ2v) is 13.2. The minimum absolute atomic E-state index is 0.000164. The van der Waals surface area contributed by atoms with E-state index in [0.717, 1.165) is 5.57 Å². The Balaban J connectivity index is 1.51. The minimum Gasteiger partial charge on any atom is -0.381 e. The Morgan fingerprint density at radius 1 is 0.976 bits per heavy atom. The number of carbonyl (C=O) groups excluding carboxylic acids is 5. The summed E-state index contributed by atoms with van der Waals surface area (Å²) in [6.45, 7) is 6.69. The highest BCUT2D eigenvalue weighted by Crippen LogP contribution is 2.66. The number of hydrogen-bond acceptors (Lipinski definition) is 10. The summed E-state index contributed by atoms with van der Waals surface area (Å²) in [4.78, 5) is 64.2. The molecule has 234 valence electrons. The van der Waals surface area contributed by atoms with Crippen LogP contribution in [0.25, 0.3) is 0 Å². The number of Topliss-reactive ketones (excluding diaryl/α,β-unsaturated/α-hetero) is 2. The first kappa shape index (κ1) is 32.5. The van der Waals surface area contributed by atoms with Crippen LogP contribution in [0.15, 0.2) is 11.6 Å². The van der Waals surface area contributed by atoms with E-state index in [0.29, 0.717) is 57.8 Å². The summed E-state index contributed by atoms with van der Waals surface area (Å²) in [6, 6.07) is 0. The van der Waals surface area contributed by atoms with E-state index in [9.17, 15) is 34.2 Å². The van der Waals surface area contributed by atoms with Crippen LogP contribution in [-0.2, 0) is 38.2 Å². The number of aliphatic hydroxyl groups is 2. The SMILES string of the molecule is CCCCC(=O)OC(O)(OCC(=O)[C@@]1(O)CC[C@H]2[C@@H]3CCC4=CC(=O)CC[C@]4(C)[C@H]3C(=O)C[C@@]21C)OC(=O)CCCC. The first-order chi connectivity index (χ1) is 19.7. The average Bonchev–Trinajstić information content (AvgIpc) is 3.20. The first-order valence-corrected chi connectivity index (χ1v) is 15.5. The van der Waals surface area contributed by atoms with E-state index in [1.807, 2.05) is 13.8 Å². The lowest BCUT2D eigenvalue weighted by Gasteiger charge is -2.57. The summed E-state index contributed by atoms with van der Waals surface area (Å²) in [5, 5.41) is 22.8. The molecule has 0 heterocycles. The topological polar surface area (TPSA) is 154 Å². The molecular weight excluding hydrogens is 544 g/mol. The molecule has 0 aliphatic heterocycles. The van der Waals surface area contributed by atoms with Gasteiger partial charge in [0, 0.05) is 37.0 Å². The molecule has 0 saturated heterocycles. The van der Waals surface area contributed by atoms with Crippen LogP contribution in [0.5, 0.6) is 0 Å². The number of fused-ring (bicyclic) bond motifs is 5. The van der Waals surface area contributed by atoms with Gasteiger partial charge >= 0.3 is 18.1 Å². The molecule has 0 aromatic carbocycles. The van der Waals surface area contributed by atoms with Gasteiger partial charge in [-0.1, -0.05) is 46.1 Å². The molecule has 0 bridgehead atoms. The molecule has 10 nitrogen and oxygen atoms in total. The molecule has 0 unspecified atom stereocenters. The Hall–Kier alpha value is -2.43. The number of rotatable bonds is 12. The van der Waals surface area contributed by atoms with Crippen molar-refractivity contribution in [3.8, 4) is 0 Å². The lowest BCUT2D eigenvalue weighted by molar-refractivity contribution is -0.448. The van der Waals surface area contributed by atoms with Gasteiger partial charge in [0.05, 0.1) is 0 Å². The molecule has 10 heteroatoms. The van der Waals surface area contributed by atoms with Gasteiger partial charge in [-0.15, -0.1) is 0 Å². The first-order valence-electron chi connectivity index (χ1n) is 15.5. The highest BCUT2D eigenvalue weighted by Gasteiger charge is 2.68. The molecule has 4 rings (SSSR count). The number of unbranched alkanes of at least 4 members (excludes halogenated alkanes) is 2. The molecule has 2 N–H and O–H groups in total. The van der Waals surface area contributed by atoms with Gasteiger partial charge < -0.3 is 14.6 Å². The van der Waals surface area contributed by atoms with Crippen LogP contribution in [0.1, 0.15) is 111 Å². The third-order valence-electron chi connectivity index (χ3n) is 10.6. The van der Waals surface area contributed by atoms with Gasteiger partial charge in [0.2, 0.25) is 0 Å². The summed E-state index contributed by atoms with van der Waals surface area (Å²) >= 11 is 0. The van der Waals surface area contributed by atoms with E-state index in [2.05, 4.69) is 6.92 Å². The number of esters is 2. The quantitative estimate of drug-likeness (QED) is 0.251. The van der Waals surface area contributed by atoms with Crippen molar-refractivity contribution < 1.29 is 48.4 Å². The number of carbonyl (C=O) groups is 5. The van der Waals surface area contributed by atoms with Crippen LogP contribution in [0.2, 0.25) is 0 Å². The zero-order valence-electron chi connectivity index (χ0n) is 25.4. The van der Waals surface area contributed by atoms with Crippen molar-refractivity contribution in [2.45, 2.75) is 123 Å². The number of ether oxygens (including phenoxy) is 3. The molecule has 0 radical (unpaired) electrons. The Morgan fingerprint density at radius 2 is 1.60 bits per heavy atom. The van der Waals surface area contributed by atoms with Gasteiger partial charge in [0.15, 0.2) is 11.6 Å². The molecule has 0 amide bonds. The Kier molecular flexibility index (Phi) is 9.50. The van der Waals surface area contributed by atoms with E-state index >= 15 is 0 Å². The van der Waals surface area contributed by atoms with E-state index in [-0.39, 0.29) is 55.0 Å². The van der Waals surface area contributed by atoms with E-state index in [1.165, 1.54) is 0 Å². The van der Waals surface area contributed by atoms with Gasteiger partial charge in [0.1, 0.15) is 18.0 Å². The maximum Gasteiger partial charge on any atom is 0.512 e. The third kappa shape index (κ3) is 5.86. The van der Waals surface area contributed by atoms with Crippen LogP contribution >= 0.6 is 0 Å². The fraction of sp³-hybridized carbons (Fsp3) is 0.781. The molecule has 42 heavy (non-hydrogen) atoms. The molecule has 3 fully saturated rings. The standard InChI is InChI=1S/C32H46O10/c1-5-7-9-26(36)41-32(39,42-27(37)10-8-6-2)40-19-25(35)31(38)16-14-23-22-12-11-20-17-21(33)13-15-29(20,3)28(22)24(34)18-30(23,31)4/h17,22-23,28,38-39H,5-16,18-19H2,1-4H3/t22-,23-,28+,29-,30-,31-/m0/s1. The van der Waals surface area contributed by atoms with Gasteiger partial charge in [-0.2, -0.15) is 0 Å². The normalized spacial score (nSPS) is 34.1. The smallest absolute Gasteiger partial charge is 0.381 e. The summed E-state index contributed by atoms with van der Waals surface area (Å²) in [6.07, 6.45) is 3.89. The van der Waals surface area contributed by atoms with Crippen molar-refractivity contribution in [1.29, 1.82) is 0 Å². The zero-order chi connectivity index (χ0) is 30.9. The van der Waals surface area contributed by atoms with Gasteiger partial charge in [-0.3, -0.25) is 33.8 Å². The van der Waals surface area contributed by atoms with Crippen molar-refractivity contribution in [2.24, 2.45) is 28.6 Å². The molecule has 6 atom stereocenters. The van der Waals surface area contributed by atoms with Crippen LogP contribution in [-0.4, -0.2) is 57.9 Å². The Morgan fingerprint density at radius 3 is 2.19 bits per heavy atom. The summed E-state index contributed by atoms with van der Waals surface area (Å²) < 4.78 is 15.2. The maximum absolute atomic E-state index is 13.8. The van der Waals surface area contributed by atoms with Crippen molar-refractivity contribution in [3.05, 3.63) is 11.6 Å². The summed E-state index contributed by atoms with van der Waals surface area (Å²) in [5.41, 5.74) is -2.36. The zero-order valence-corrected chi connectivity index (χ0v) is 25.4. The lowest BCUT2D eigenvalue weighted by atomic mass is 9.46. The summed E-state index contributed by atoms with van der Waals surface area (Å²) in [5.74, 6) is -2.84. The number of hydrogen-bond donors (Lipinski definition) is 2. The predicted molar refractivity (Wildman–Crippen MR) is 149 cm³/mol. The number of allylic oxidation sites excluding steroid dienone is 1. The lowest BCUT2D eigenvalue weighted by Crippen LogP contribution is -2.61. The average molecular weight is 591 g/mol. The van der Waals surface area contributed by atoms with Crippen molar-refractivity contribution >= 4 is 29.3 Å². The molecule has 0 aromatic heterocycles. The Labute approximate surface area is 247 Å². The van der Waals surface area contributed by atoms with Crippen molar-refractivity contribution in [1.82, 2.24) is 0 Å². The van der Waals surface area contributed by atoms with Crippen LogP contribution in [0, 0.1) is 28.6 Å². The third-order valence-corrected chi connectivity index (χ3v) is 10.6. The molecule has 0 aromatic rings. The fourth-order valence-electron chi connectivity index (χ4n) is 8.23. The van der Waals surface area contributed by atoms with E-state index in [4.69, 9.17) is 14.2 Å². The number of ketones is 3. The van der Waals surface area contributed by atoms with E-state index < -0.39 is 46.9 Å². The van der Waals surface area contributed by atoms with Gasteiger partial charge in [0.25, 0.3) is 0 Å². The Bertz CT molecular complexity index is 1120. The molecule has 4 aliphatic carbocycles. The van der Waals surface area contributed by atoms with E-state index in [1.54, 1.807) is 13.0 Å². The maximum atomic E-state index is 13.8. The van der Waals surface area contributed by atoms with Crippen LogP contribution in [0.3, 0.4) is 0 Å². The highest BCUT2D eigenvalue weighted by atomic mass is 17.0. The largest absolute Gasteiger partial charge is 0.512 e. The second-order valence-electron chi connectivity index (χ2n) is 13.2. The predicted octanol–water partition coefficient (Wildman–Crippen LogP) is 4.08. The second kappa shape index (κ2) is 12.3. The van der Waals surface area contributed by atoms with Gasteiger partial charge in [-0.25, -0.2) is 0 Å². The molecule has 3 saturated carbocycles. The molecule has 0 spiro atoms. The van der Waals surface area contributed by atoms with Crippen molar-refractivity contribution in [3.63, 3.8) is 0 Å². The molecule has 4 aliphatic rings. The molecular formula is C32H46O10. The minimum atomic E-state index is -3.12. The van der Waals surface area contributed by atoms with Crippen LogP contribution in [0.4, 0.5) is 0 Å². The summed E-state index contributed by atoms with van der Waals surface area (Å²) in [7, 11) is 0. The fourth-order valence-corrected chi connectivity index (χ4v) is 8.23.